The van der Waals surface area contributed by atoms with Crippen LogP contribution in [0, 0.1) is 0 Å². The first kappa shape index (κ1) is 13.6. The lowest BCUT2D eigenvalue weighted by Crippen LogP contribution is -2.27. The van der Waals surface area contributed by atoms with Gasteiger partial charge >= 0.3 is 0 Å². The molecule has 3 rings (SSSR count). The van der Waals surface area contributed by atoms with Gasteiger partial charge in [-0.05, 0) is 25.6 Å². The average Bonchev–Trinajstić information content (AvgIpc) is 2.77. The summed E-state index contributed by atoms with van der Waals surface area (Å²) in [5.41, 5.74) is 2.24. The van der Waals surface area contributed by atoms with E-state index in [4.69, 9.17) is 16.3 Å². The predicted octanol–water partition coefficient (Wildman–Crippen LogP) is 4.43. The minimum atomic E-state index is -0.0936. The second-order valence-corrected chi connectivity index (χ2v) is 5.65. The summed E-state index contributed by atoms with van der Waals surface area (Å²) in [6.07, 6.45) is -0.0219. The van der Waals surface area contributed by atoms with E-state index in [0.29, 0.717) is 6.04 Å². The highest BCUT2D eigenvalue weighted by Gasteiger charge is 2.39. The molecule has 1 saturated heterocycles. The molecule has 0 radical (unpaired) electrons. The summed E-state index contributed by atoms with van der Waals surface area (Å²) in [6, 6.07) is 18.5. The molecule has 0 spiro atoms. The summed E-state index contributed by atoms with van der Waals surface area (Å²) >= 11 is 6.30. The fraction of sp³-hybridized carbons (Fsp3) is 0.294. The number of likely N-dealkylation sites (N-methyl/N-ethyl adjacent to an activating group) is 1. The van der Waals surface area contributed by atoms with Gasteiger partial charge in [0, 0.05) is 16.6 Å². The number of ether oxygens (including phenoxy) is 1. The number of hydrogen-bond donors (Lipinski definition) is 0. The van der Waals surface area contributed by atoms with Crippen molar-refractivity contribution in [3.05, 3.63) is 70.7 Å². The molecule has 20 heavy (non-hydrogen) atoms. The van der Waals surface area contributed by atoms with Gasteiger partial charge in [0.05, 0.1) is 0 Å². The summed E-state index contributed by atoms with van der Waals surface area (Å²) in [4.78, 5) is 2.24. The Balaban J connectivity index is 1.91. The van der Waals surface area contributed by atoms with Crippen LogP contribution in [0.3, 0.4) is 0 Å². The van der Waals surface area contributed by atoms with Crippen LogP contribution in [0.5, 0.6) is 0 Å². The fourth-order valence-corrected chi connectivity index (χ4v) is 2.97. The topological polar surface area (TPSA) is 12.5 Å². The molecular weight excluding hydrogens is 270 g/mol. The summed E-state index contributed by atoms with van der Waals surface area (Å²) in [6.45, 7) is 2.19. The number of rotatable bonds is 2. The summed E-state index contributed by atoms with van der Waals surface area (Å²) in [5, 5.41) is 0.755. The van der Waals surface area contributed by atoms with E-state index in [1.807, 2.05) is 42.5 Å². The van der Waals surface area contributed by atoms with Crippen LogP contribution < -0.4 is 0 Å². The van der Waals surface area contributed by atoms with Crippen molar-refractivity contribution >= 4 is 11.6 Å². The quantitative estimate of drug-likeness (QED) is 0.810. The van der Waals surface area contributed by atoms with E-state index in [0.717, 1.165) is 10.6 Å². The number of nitrogens with zero attached hydrogens (tertiary/aromatic N) is 1. The molecule has 0 N–H and O–H groups in total. The van der Waals surface area contributed by atoms with Crippen LogP contribution in [-0.2, 0) is 4.74 Å². The number of halogens is 1. The SMILES string of the molecule is CC1C(c2ccccc2)OC(c2ccccc2Cl)N1C. The molecule has 0 saturated carbocycles. The molecule has 3 heteroatoms. The lowest BCUT2D eigenvalue weighted by Gasteiger charge is -2.22. The molecule has 1 aliphatic rings. The average molecular weight is 288 g/mol. The standard InChI is InChI=1S/C17H18ClNO/c1-12-16(13-8-4-3-5-9-13)20-17(19(12)2)14-10-6-7-11-15(14)18/h3-12,16-17H,1-2H3. The lowest BCUT2D eigenvalue weighted by atomic mass is 10.0. The van der Waals surface area contributed by atoms with Gasteiger partial charge in [-0.1, -0.05) is 60.1 Å². The summed E-state index contributed by atoms with van der Waals surface area (Å²) < 4.78 is 6.28. The van der Waals surface area contributed by atoms with E-state index in [2.05, 4.69) is 31.0 Å². The highest BCUT2D eigenvalue weighted by atomic mass is 35.5. The fourth-order valence-electron chi connectivity index (χ4n) is 2.74. The third-order valence-electron chi connectivity index (χ3n) is 4.03. The first-order valence-electron chi connectivity index (χ1n) is 6.85. The van der Waals surface area contributed by atoms with Crippen LogP contribution in [0.2, 0.25) is 5.02 Å². The van der Waals surface area contributed by atoms with Crippen molar-refractivity contribution in [3.63, 3.8) is 0 Å². The van der Waals surface area contributed by atoms with Crippen molar-refractivity contribution < 1.29 is 4.74 Å². The molecule has 0 bridgehead atoms. The molecule has 3 atom stereocenters. The van der Waals surface area contributed by atoms with Gasteiger partial charge in [-0.2, -0.15) is 0 Å². The first-order valence-corrected chi connectivity index (χ1v) is 7.23. The minimum Gasteiger partial charge on any atom is -0.349 e. The van der Waals surface area contributed by atoms with E-state index < -0.39 is 0 Å². The van der Waals surface area contributed by atoms with E-state index >= 15 is 0 Å². The molecule has 2 nitrogen and oxygen atoms in total. The van der Waals surface area contributed by atoms with E-state index in [9.17, 15) is 0 Å². The zero-order valence-corrected chi connectivity index (χ0v) is 12.4. The molecule has 3 unspecified atom stereocenters. The van der Waals surface area contributed by atoms with Gasteiger partial charge in [-0.3, -0.25) is 4.90 Å². The van der Waals surface area contributed by atoms with Crippen LogP contribution in [0.25, 0.3) is 0 Å². The van der Waals surface area contributed by atoms with Gasteiger partial charge in [0.25, 0.3) is 0 Å². The van der Waals surface area contributed by atoms with Crippen molar-refractivity contribution in [1.29, 1.82) is 0 Å². The normalized spacial score (nSPS) is 26.9. The van der Waals surface area contributed by atoms with Crippen molar-refractivity contribution in [2.24, 2.45) is 0 Å². The van der Waals surface area contributed by atoms with Gasteiger partial charge in [-0.25, -0.2) is 0 Å². The molecule has 1 aliphatic heterocycles. The second-order valence-electron chi connectivity index (χ2n) is 5.25. The largest absolute Gasteiger partial charge is 0.349 e. The van der Waals surface area contributed by atoms with Gasteiger partial charge in [0.2, 0.25) is 0 Å². The Morgan fingerprint density at radius 2 is 1.65 bits per heavy atom. The van der Waals surface area contributed by atoms with Crippen LogP contribution in [0.4, 0.5) is 0 Å². The zero-order valence-electron chi connectivity index (χ0n) is 11.7. The molecule has 0 amide bonds. The van der Waals surface area contributed by atoms with Gasteiger partial charge in [0.15, 0.2) is 0 Å². The Kier molecular flexibility index (Phi) is 3.79. The monoisotopic (exact) mass is 287 g/mol. The van der Waals surface area contributed by atoms with E-state index in [1.54, 1.807) is 0 Å². The Bertz CT molecular complexity index is 587. The third-order valence-corrected chi connectivity index (χ3v) is 4.37. The Morgan fingerprint density at radius 3 is 2.35 bits per heavy atom. The Hall–Kier alpha value is -1.35. The van der Waals surface area contributed by atoms with E-state index in [-0.39, 0.29) is 12.3 Å². The van der Waals surface area contributed by atoms with Gasteiger partial charge < -0.3 is 4.74 Å². The lowest BCUT2D eigenvalue weighted by molar-refractivity contribution is 0.00567. The van der Waals surface area contributed by atoms with E-state index in [1.165, 1.54) is 5.56 Å². The molecule has 1 fully saturated rings. The Morgan fingerprint density at radius 1 is 1.00 bits per heavy atom. The molecule has 104 valence electrons. The van der Waals surface area contributed by atoms with Crippen LogP contribution in [-0.4, -0.2) is 18.0 Å². The highest BCUT2D eigenvalue weighted by molar-refractivity contribution is 6.31. The predicted molar refractivity (Wildman–Crippen MR) is 81.7 cm³/mol. The molecule has 0 aliphatic carbocycles. The minimum absolute atomic E-state index is 0.0717. The number of benzene rings is 2. The smallest absolute Gasteiger partial charge is 0.139 e. The second kappa shape index (κ2) is 5.57. The molecule has 1 heterocycles. The van der Waals surface area contributed by atoms with Gasteiger partial charge in [-0.15, -0.1) is 0 Å². The zero-order chi connectivity index (χ0) is 14.1. The van der Waals surface area contributed by atoms with Crippen molar-refractivity contribution in [2.45, 2.75) is 25.3 Å². The Labute approximate surface area is 124 Å². The van der Waals surface area contributed by atoms with Crippen LogP contribution >= 0.6 is 11.6 Å². The van der Waals surface area contributed by atoms with Crippen molar-refractivity contribution in [1.82, 2.24) is 4.90 Å². The summed E-state index contributed by atoms with van der Waals surface area (Å²) in [7, 11) is 2.08. The maximum atomic E-state index is 6.30. The first-order chi connectivity index (χ1) is 9.68. The van der Waals surface area contributed by atoms with Crippen LogP contribution in [0.15, 0.2) is 54.6 Å². The van der Waals surface area contributed by atoms with Crippen LogP contribution in [0.1, 0.15) is 30.4 Å². The maximum absolute atomic E-state index is 6.30. The maximum Gasteiger partial charge on any atom is 0.139 e. The molecule has 2 aromatic carbocycles. The third kappa shape index (κ3) is 2.35. The van der Waals surface area contributed by atoms with Crippen molar-refractivity contribution in [2.75, 3.05) is 7.05 Å². The molecule has 0 aromatic heterocycles. The van der Waals surface area contributed by atoms with Gasteiger partial charge in [0.1, 0.15) is 12.3 Å². The number of hydrogen-bond acceptors (Lipinski definition) is 2. The summed E-state index contributed by atoms with van der Waals surface area (Å²) in [5.74, 6) is 0. The highest BCUT2D eigenvalue weighted by Crippen LogP contribution is 2.42. The van der Waals surface area contributed by atoms with Crippen molar-refractivity contribution in [3.8, 4) is 0 Å². The molecule has 2 aromatic rings. The molecular formula is C17H18ClNO.